The predicted molar refractivity (Wildman–Crippen MR) is 146 cm³/mol. The molecule has 2 aliphatic rings. The van der Waals surface area contributed by atoms with Gasteiger partial charge in [-0.05, 0) is 62.5 Å². The molecule has 5 rings (SSSR count). The van der Waals surface area contributed by atoms with Gasteiger partial charge >= 0.3 is 6.18 Å². The number of carboxylic acids is 1. The zero-order valence-corrected chi connectivity index (χ0v) is 22.6. The molecule has 7 nitrogen and oxygen atoms in total. The van der Waals surface area contributed by atoms with Crippen molar-refractivity contribution in [2.45, 2.75) is 39.3 Å². The minimum atomic E-state index is -5.19. The second-order valence-corrected chi connectivity index (χ2v) is 10.7. The molecule has 0 saturated carbocycles. The van der Waals surface area contributed by atoms with Gasteiger partial charge in [0.15, 0.2) is 0 Å². The summed E-state index contributed by atoms with van der Waals surface area (Å²) in [6, 6.07) is 9.48. The monoisotopic (exact) mass is 549 g/mol. The first-order valence-electron chi connectivity index (χ1n) is 13.1. The molecule has 1 aromatic heterocycles. The first-order chi connectivity index (χ1) is 18.2. The van der Waals surface area contributed by atoms with Gasteiger partial charge in [0.1, 0.15) is 17.0 Å². The van der Waals surface area contributed by atoms with E-state index in [0.717, 1.165) is 64.3 Å². The normalized spacial score (nSPS) is 17.1. The Kier molecular flexibility index (Phi) is 9.22. The Bertz CT molecular complexity index is 1270. The predicted octanol–water partition coefficient (Wildman–Crippen LogP) is 3.50. The molecule has 2 aromatic carbocycles. The summed E-state index contributed by atoms with van der Waals surface area (Å²) >= 11 is 1.91. The molecule has 0 unspecified atom stereocenters. The van der Waals surface area contributed by atoms with Crippen LogP contribution in [0.1, 0.15) is 30.9 Å². The van der Waals surface area contributed by atoms with Crippen LogP contribution >= 0.6 is 11.3 Å². The zero-order valence-electron chi connectivity index (χ0n) is 21.8. The maximum Gasteiger partial charge on any atom is 0.430 e. The molecule has 3 aromatic rings. The minimum absolute atomic E-state index is 1.01. The SMILES string of the molecule is CCc1cc(N2CCCNCC2)cc2[s+]c3cc(N4CCCNCC4)cc(C)c3nc12.O=C([O-])C(F)(F)F. The molecule has 0 bridgehead atoms. The number of carbonyl (C=O) groups is 1. The van der Waals surface area contributed by atoms with Crippen molar-refractivity contribution in [1.82, 2.24) is 15.6 Å². The van der Waals surface area contributed by atoms with Crippen LogP contribution < -0.4 is 25.5 Å². The van der Waals surface area contributed by atoms with E-state index in [1.54, 1.807) is 0 Å². The van der Waals surface area contributed by atoms with Crippen molar-refractivity contribution in [3.8, 4) is 0 Å². The second kappa shape index (κ2) is 12.4. The van der Waals surface area contributed by atoms with E-state index >= 15 is 0 Å². The number of aryl methyl sites for hydroxylation is 2. The number of fused-ring (bicyclic) bond motifs is 2. The molecule has 3 heterocycles. The number of nitrogens with one attached hydrogen (secondary N) is 2. The van der Waals surface area contributed by atoms with Crippen LogP contribution in [0.3, 0.4) is 0 Å². The zero-order chi connectivity index (χ0) is 27.3. The van der Waals surface area contributed by atoms with E-state index in [9.17, 15) is 13.2 Å². The van der Waals surface area contributed by atoms with Crippen molar-refractivity contribution < 1.29 is 23.1 Å². The van der Waals surface area contributed by atoms with Crippen LogP contribution in [0.2, 0.25) is 0 Å². The van der Waals surface area contributed by atoms with Crippen molar-refractivity contribution in [3.63, 3.8) is 0 Å². The third-order valence-corrected chi connectivity index (χ3v) is 7.92. The third kappa shape index (κ3) is 6.81. The van der Waals surface area contributed by atoms with Crippen molar-refractivity contribution in [2.24, 2.45) is 0 Å². The van der Waals surface area contributed by atoms with Gasteiger partial charge in [-0.2, -0.15) is 13.2 Å². The number of benzene rings is 2. The summed E-state index contributed by atoms with van der Waals surface area (Å²) < 4.78 is 34.2. The van der Waals surface area contributed by atoms with Crippen molar-refractivity contribution in [2.75, 3.05) is 62.2 Å². The van der Waals surface area contributed by atoms with Crippen molar-refractivity contribution >= 4 is 49.1 Å². The lowest BCUT2D eigenvalue weighted by Crippen LogP contribution is -2.37. The highest BCUT2D eigenvalue weighted by Gasteiger charge is 2.29. The van der Waals surface area contributed by atoms with Crippen LogP contribution in [0.25, 0.3) is 20.4 Å². The smallest absolute Gasteiger partial charge is 0.430 e. The Morgan fingerprint density at radius 2 is 1.45 bits per heavy atom. The number of aliphatic carboxylic acids is 1. The van der Waals surface area contributed by atoms with E-state index in [-0.39, 0.29) is 0 Å². The molecule has 2 fully saturated rings. The third-order valence-electron chi connectivity index (χ3n) is 6.86. The van der Waals surface area contributed by atoms with Gasteiger partial charge in [0.25, 0.3) is 9.40 Å². The number of hydrogen-bond acceptors (Lipinski definition) is 7. The van der Waals surface area contributed by atoms with Crippen LogP contribution in [-0.2, 0) is 11.2 Å². The fourth-order valence-electron chi connectivity index (χ4n) is 4.88. The van der Waals surface area contributed by atoms with Gasteiger partial charge in [-0.25, -0.2) is 4.98 Å². The first-order valence-corrected chi connectivity index (χ1v) is 13.9. The number of anilines is 2. The van der Waals surface area contributed by atoms with Crippen LogP contribution in [0.5, 0.6) is 0 Å². The van der Waals surface area contributed by atoms with Crippen LogP contribution in [0.15, 0.2) is 24.3 Å². The summed E-state index contributed by atoms with van der Waals surface area (Å²) in [7, 11) is 0. The fraction of sp³-hybridized carbons (Fsp3) is 0.519. The summed E-state index contributed by atoms with van der Waals surface area (Å²) in [4.78, 5) is 19.1. The summed E-state index contributed by atoms with van der Waals surface area (Å²) in [6.45, 7) is 13.2. The molecule has 0 radical (unpaired) electrons. The van der Waals surface area contributed by atoms with Gasteiger partial charge in [0.05, 0.1) is 0 Å². The van der Waals surface area contributed by atoms with Gasteiger partial charge in [-0.3, -0.25) is 0 Å². The van der Waals surface area contributed by atoms with E-state index in [1.807, 2.05) is 11.3 Å². The van der Waals surface area contributed by atoms with E-state index in [0.29, 0.717) is 0 Å². The highest BCUT2D eigenvalue weighted by atomic mass is 32.1. The maximum atomic E-state index is 10.5. The lowest BCUT2D eigenvalue weighted by atomic mass is 10.1. The maximum absolute atomic E-state index is 10.5. The molecule has 2 aliphatic heterocycles. The van der Waals surface area contributed by atoms with Gasteiger partial charge in [0, 0.05) is 62.8 Å². The molecule has 0 aliphatic carbocycles. The quantitative estimate of drug-likeness (QED) is 0.382. The van der Waals surface area contributed by atoms with E-state index in [1.165, 1.54) is 50.3 Å². The standard InChI is InChI=1S/C25H34N5S.C2HF3O2/c1-3-19-15-21(30-11-5-7-27-9-13-30)17-23-25(19)28-24-18(2)14-20(16-22(24)31-23)29-10-4-6-26-8-12-29;3-2(4,5)1(6)7/h14-17,26-27H,3-13H2,1-2H3;(H,6,7)/q+1;/p-1. The number of carboxylic acid groups (broad SMARTS) is 1. The van der Waals surface area contributed by atoms with Gasteiger partial charge in [-0.1, -0.05) is 6.92 Å². The molecule has 2 saturated heterocycles. The van der Waals surface area contributed by atoms with Gasteiger partial charge < -0.3 is 30.3 Å². The molecule has 0 amide bonds. The molecular formula is C27H34F3N5O2S. The van der Waals surface area contributed by atoms with E-state index < -0.39 is 12.1 Å². The first kappa shape index (κ1) is 28.3. The number of carbonyl (C=O) groups excluding carboxylic acids is 1. The summed E-state index contributed by atoms with van der Waals surface area (Å²) in [5.74, 6) is -3.01. The van der Waals surface area contributed by atoms with E-state index in [2.05, 4.69) is 58.5 Å². The molecule has 2 N–H and O–H groups in total. The van der Waals surface area contributed by atoms with E-state index in [4.69, 9.17) is 14.9 Å². The Morgan fingerprint density at radius 3 is 1.97 bits per heavy atom. The summed E-state index contributed by atoms with van der Waals surface area (Å²) in [5, 5.41) is 15.8. The molecule has 0 spiro atoms. The Labute approximate surface area is 224 Å². The van der Waals surface area contributed by atoms with Gasteiger partial charge in [0.2, 0.25) is 11.3 Å². The van der Waals surface area contributed by atoms with Crippen molar-refractivity contribution in [3.05, 3.63) is 35.4 Å². The number of aromatic nitrogens is 1. The van der Waals surface area contributed by atoms with Crippen molar-refractivity contribution in [1.29, 1.82) is 0 Å². The Morgan fingerprint density at radius 1 is 0.921 bits per heavy atom. The fourth-order valence-corrected chi connectivity index (χ4v) is 6.05. The average molecular weight is 550 g/mol. The largest absolute Gasteiger partial charge is 0.542 e. The summed E-state index contributed by atoms with van der Waals surface area (Å²) in [5.41, 5.74) is 7.70. The second-order valence-electron chi connectivity index (χ2n) is 9.59. The number of halogens is 3. The molecule has 11 heteroatoms. The number of hydrogen-bond donors (Lipinski definition) is 2. The van der Waals surface area contributed by atoms with Crippen LogP contribution in [0, 0.1) is 6.92 Å². The van der Waals surface area contributed by atoms with Gasteiger partial charge in [-0.15, -0.1) is 0 Å². The number of nitrogens with zero attached hydrogens (tertiary/aromatic N) is 3. The number of alkyl halides is 3. The molecule has 0 atom stereocenters. The average Bonchev–Trinajstić information content (AvgIpc) is 3.33. The molecule has 38 heavy (non-hydrogen) atoms. The highest BCUT2D eigenvalue weighted by Crippen LogP contribution is 2.35. The Hall–Kier alpha value is -2.76. The number of rotatable bonds is 3. The topological polar surface area (TPSA) is 83.6 Å². The lowest BCUT2D eigenvalue weighted by molar-refractivity contribution is -0.344. The summed E-state index contributed by atoms with van der Waals surface area (Å²) in [6.07, 6.45) is -1.78. The molecular weight excluding hydrogens is 515 g/mol. The molecule has 206 valence electrons. The van der Waals surface area contributed by atoms with Crippen LogP contribution in [0.4, 0.5) is 24.5 Å². The van der Waals surface area contributed by atoms with Crippen LogP contribution in [-0.4, -0.2) is 69.5 Å². The highest BCUT2D eigenvalue weighted by molar-refractivity contribution is 7.24. The lowest BCUT2D eigenvalue weighted by Gasteiger charge is -2.23. The Balaban J connectivity index is 0.000000426. The minimum Gasteiger partial charge on any atom is -0.542 e.